The maximum atomic E-state index is 11.8. The first kappa shape index (κ1) is 20.6. The van der Waals surface area contributed by atoms with Gasteiger partial charge in [-0.1, -0.05) is 0 Å². The predicted octanol–water partition coefficient (Wildman–Crippen LogP) is 2.34. The quantitative estimate of drug-likeness (QED) is 0.299. The number of aromatic nitrogens is 3. The van der Waals surface area contributed by atoms with E-state index in [1.54, 1.807) is 36.5 Å². The Bertz CT molecular complexity index is 1070. The van der Waals surface area contributed by atoms with Crippen molar-refractivity contribution in [2.75, 3.05) is 7.11 Å². The summed E-state index contributed by atoms with van der Waals surface area (Å²) in [4.78, 5) is 46.1. The molecule has 9 nitrogen and oxygen atoms in total. The number of nitrogens with zero attached hydrogens (tertiary/aromatic N) is 3. The van der Waals surface area contributed by atoms with E-state index in [-0.39, 0.29) is 13.2 Å². The highest BCUT2D eigenvalue weighted by Crippen LogP contribution is 2.24. The Kier molecular flexibility index (Phi) is 6.78. The van der Waals surface area contributed by atoms with Crippen LogP contribution in [0.3, 0.4) is 0 Å². The van der Waals surface area contributed by atoms with Crippen LogP contribution in [0.4, 0.5) is 0 Å². The Hall–Kier alpha value is -4.14. The van der Waals surface area contributed by atoms with Crippen LogP contribution in [-0.2, 0) is 37.0 Å². The van der Waals surface area contributed by atoms with Gasteiger partial charge in [0, 0.05) is 12.4 Å². The zero-order valence-corrected chi connectivity index (χ0v) is 16.0. The lowest BCUT2D eigenvalue weighted by atomic mass is 10.1. The number of esters is 1. The summed E-state index contributed by atoms with van der Waals surface area (Å²) in [5.41, 5.74) is 3.63. The van der Waals surface area contributed by atoms with Crippen molar-refractivity contribution in [3.63, 3.8) is 0 Å². The molecule has 0 unspecified atom stereocenters. The largest absolute Gasteiger partial charge is 0.465 e. The summed E-state index contributed by atoms with van der Waals surface area (Å²) in [6.07, 6.45) is 3.05. The second-order valence-corrected chi connectivity index (χ2v) is 6.03. The molecule has 0 aromatic carbocycles. The lowest BCUT2D eigenvalue weighted by Crippen LogP contribution is -2.03. The van der Waals surface area contributed by atoms with Crippen LogP contribution in [0.15, 0.2) is 48.8 Å². The molecule has 0 spiro atoms. The van der Waals surface area contributed by atoms with E-state index >= 15 is 0 Å². The van der Waals surface area contributed by atoms with Crippen LogP contribution in [-0.4, -0.2) is 41.0 Å². The first-order chi connectivity index (χ1) is 14.6. The number of hydrogen-bond donors (Lipinski definition) is 0. The molecule has 3 aromatic rings. The Morgan fingerprint density at radius 1 is 0.833 bits per heavy atom. The van der Waals surface area contributed by atoms with Crippen LogP contribution in [0, 0.1) is 0 Å². The summed E-state index contributed by atoms with van der Waals surface area (Å²) < 4.78 is 14.4. The van der Waals surface area contributed by atoms with E-state index in [2.05, 4.69) is 15.0 Å². The number of carbonyl (C=O) groups is 3. The van der Waals surface area contributed by atoms with Gasteiger partial charge >= 0.3 is 5.97 Å². The molecule has 3 rings (SSSR count). The van der Waals surface area contributed by atoms with Crippen molar-refractivity contribution < 1.29 is 28.6 Å². The van der Waals surface area contributed by atoms with Gasteiger partial charge in [-0.15, -0.1) is 0 Å². The molecule has 9 heteroatoms. The molecule has 0 aliphatic carbocycles. The predicted molar refractivity (Wildman–Crippen MR) is 104 cm³/mol. The van der Waals surface area contributed by atoms with Gasteiger partial charge in [-0.3, -0.25) is 19.6 Å². The van der Waals surface area contributed by atoms with E-state index in [0.29, 0.717) is 46.8 Å². The summed E-state index contributed by atoms with van der Waals surface area (Å²) in [5.74, 6) is -0.496. The van der Waals surface area contributed by atoms with Crippen LogP contribution in [0.5, 0.6) is 0 Å². The van der Waals surface area contributed by atoms with Gasteiger partial charge in [-0.05, 0) is 47.5 Å². The van der Waals surface area contributed by atoms with Gasteiger partial charge in [0.05, 0.1) is 35.4 Å². The Morgan fingerprint density at radius 2 is 1.40 bits per heavy atom. The third-order valence-electron chi connectivity index (χ3n) is 4.05. The van der Waals surface area contributed by atoms with Crippen LogP contribution in [0.25, 0.3) is 22.8 Å². The van der Waals surface area contributed by atoms with E-state index in [9.17, 15) is 14.4 Å². The molecule has 3 heterocycles. The lowest BCUT2D eigenvalue weighted by Gasteiger charge is -2.10. The topological polar surface area (TPSA) is 118 Å². The molecule has 0 saturated heterocycles. The lowest BCUT2D eigenvalue weighted by molar-refractivity contribution is -0.130. The first-order valence-electron chi connectivity index (χ1n) is 8.76. The van der Waals surface area contributed by atoms with Crippen LogP contribution >= 0.6 is 0 Å². The minimum atomic E-state index is -0.496. The van der Waals surface area contributed by atoms with E-state index < -0.39 is 5.97 Å². The molecule has 0 radical (unpaired) electrons. The van der Waals surface area contributed by atoms with Crippen molar-refractivity contribution >= 4 is 18.9 Å². The number of hydrogen-bond acceptors (Lipinski definition) is 9. The SMILES string of the molecule is COC(=O)c1ccnc(-c2cc(COC=O)cc(-c3cc(COC=O)ccn3)n2)c1. The molecule has 0 amide bonds. The minimum Gasteiger partial charge on any atom is -0.465 e. The van der Waals surface area contributed by atoms with Gasteiger partial charge < -0.3 is 14.2 Å². The monoisotopic (exact) mass is 407 g/mol. The van der Waals surface area contributed by atoms with Crippen molar-refractivity contribution in [1.29, 1.82) is 0 Å². The second-order valence-electron chi connectivity index (χ2n) is 6.03. The minimum absolute atomic E-state index is 0.0245. The number of carbonyl (C=O) groups excluding carboxylic acids is 3. The molecule has 30 heavy (non-hydrogen) atoms. The van der Waals surface area contributed by atoms with Crippen molar-refractivity contribution in [2.24, 2.45) is 0 Å². The van der Waals surface area contributed by atoms with E-state index in [0.717, 1.165) is 5.56 Å². The fourth-order valence-electron chi connectivity index (χ4n) is 2.71. The fourth-order valence-corrected chi connectivity index (χ4v) is 2.71. The molecule has 3 aromatic heterocycles. The molecule has 0 atom stereocenters. The van der Waals surface area contributed by atoms with Crippen molar-refractivity contribution in [3.05, 3.63) is 65.5 Å². The second kappa shape index (κ2) is 9.87. The van der Waals surface area contributed by atoms with E-state index in [1.165, 1.54) is 19.4 Å². The number of ether oxygens (including phenoxy) is 3. The molecule has 0 N–H and O–H groups in total. The standard InChI is InChI=1S/C21H17N3O6/c1-28-21(27)16-3-5-23-18(9-16)20-8-15(11-30-13-26)7-19(24-20)17-6-14(2-4-22-17)10-29-12-25/h2-9,12-13H,10-11H2,1H3. The molecule has 0 fully saturated rings. The molecular formula is C21H17N3O6. The average Bonchev–Trinajstić information content (AvgIpc) is 2.81. The Balaban J connectivity index is 2.06. The van der Waals surface area contributed by atoms with Crippen LogP contribution < -0.4 is 0 Å². The summed E-state index contributed by atoms with van der Waals surface area (Å²) >= 11 is 0. The maximum absolute atomic E-state index is 11.8. The van der Waals surface area contributed by atoms with Gasteiger partial charge in [-0.25, -0.2) is 9.78 Å². The Morgan fingerprint density at radius 3 is 2.03 bits per heavy atom. The van der Waals surface area contributed by atoms with Gasteiger partial charge in [-0.2, -0.15) is 0 Å². The normalized spacial score (nSPS) is 10.2. The molecule has 152 valence electrons. The average molecular weight is 407 g/mol. The van der Waals surface area contributed by atoms with Crippen molar-refractivity contribution in [1.82, 2.24) is 15.0 Å². The number of pyridine rings is 3. The molecular weight excluding hydrogens is 390 g/mol. The number of rotatable bonds is 9. The summed E-state index contributed by atoms with van der Waals surface area (Å²) in [6, 6.07) is 9.98. The van der Waals surface area contributed by atoms with Gasteiger partial charge in [0.2, 0.25) is 0 Å². The Labute approximate surface area is 171 Å². The van der Waals surface area contributed by atoms with Gasteiger partial charge in [0.25, 0.3) is 12.9 Å². The zero-order chi connectivity index (χ0) is 21.3. The van der Waals surface area contributed by atoms with E-state index in [1.807, 2.05) is 0 Å². The van der Waals surface area contributed by atoms with Crippen LogP contribution in [0.2, 0.25) is 0 Å². The molecule has 0 saturated carbocycles. The molecule has 0 aliphatic rings. The molecule has 0 bridgehead atoms. The van der Waals surface area contributed by atoms with Crippen LogP contribution in [0.1, 0.15) is 21.5 Å². The first-order valence-corrected chi connectivity index (χ1v) is 8.76. The fraction of sp³-hybridized carbons (Fsp3) is 0.143. The summed E-state index contributed by atoms with van der Waals surface area (Å²) in [6.45, 7) is 0.846. The smallest absolute Gasteiger partial charge is 0.337 e. The molecule has 0 aliphatic heterocycles. The highest BCUT2D eigenvalue weighted by Gasteiger charge is 2.13. The van der Waals surface area contributed by atoms with E-state index in [4.69, 9.17) is 14.2 Å². The van der Waals surface area contributed by atoms with Gasteiger partial charge in [0.1, 0.15) is 13.2 Å². The van der Waals surface area contributed by atoms with Crippen molar-refractivity contribution in [3.8, 4) is 22.8 Å². The maximum Gasteiger partial charge on any atom is 0.337 e. The van der Waals surface area contributed by atoms with Crippen molar-refractivity contribution in [2.45, 2.75) is 13.2 Å². The zero-order valence-electron chi connectivity index (χ0n) is 16.0. The third-order valence-corrected chi connectivity index (χ3v) is 4.05. The summed E-state index contributed by atoms with van der Waals surface area (Å²) in [5, 5.41) is 0. The highest BCUT2D eigenvalue weighted by molar-refractivity contribution is 5.90. The third kappa shape index (κ3) is 5.02. The number of methoxy groups -OCH3 is 1. The van der Waals surface area contributed by atoms with Gasteiger partial charge in [0.15, 0.2) is 0 Å². The highest BCUT2D eigenvalue weighted by atomic mass is 16.5. The summed E-state index contributed by atoms with van der Waals surface area (Å²) in [7, 11) is 1.29.